The van der Waals surface area contributed by atoms with Crippen LogP contribution in [0.5, 0.6) is 0 Å². The molecule has 6 heteroatoms. The molecule has 0 fully saturated rings. The van der Waals surface area contributed by atoms with E-state index in [1.807, 2.05) is 37.3 Å². The standard InChI is InChI=1S/C20H21Cl2NO3/c1-13(8-9-15-6-4-3-5-7-15)23-19(24)14(2)26-20(25)17-12-16(21)10-11-18(17)22/h3-7,10-14H,8-9H2,1-2H3,(H,23,24)/t13-,14-/m1/s1. The Balaban J connectivity index is 1.84. The molecule has 26 heavy (non-hydrogen) atoms. The maximum Gasteiger partial charge on any atom is 0.340 e. The van der Waals surface area contributed by atoms with Crippen molar-refractivity contribution in [1.29, 1.82) is 0 Å². The molecule has 0 aliphatic carbocycles. The number of hydrogen-bond donors (Lipinski definition) is 1. The summed E-state index contributed by atoms with van der Waals surface area (Å²) < 4.78 is 5.20. The first-order valence-electron chi connectivity index (χ1n) is 8.37. The molecule has 0 spiro atoms. The molecule has 4 nitrogen and oxygen atoms in total. The zero-order valence-electron chi connectivity index (χ0n) is 14.7. The maximum absolute atomic E-state index is 12.2. The molecule has 0 saturated carbocycles. The van der Waals surface area contributed by atoms with E-state index in [1.54, 1.807) is 6.07 Å². The van der Waals surface area contributed by atoms with Gasteiger partial charge in [0.1, 0.15) is 0 Å². The van der Waals surface area contributed by atoms with E-state index in [1.165, 1.54) is 24.6 Å². The molecule has 2 aromatic rings. The molecule has 0 heterocycles. The van der Waals surface area contributed by atoms with E-state index in [2.05, 4.69) is 5.32 Å². The van der Waals surface area contributed by atoms with Crippen LogP contribution >= 0.6 is 23.2 Å². The molecule has 0 radical (unpaired) electrons. The van der Waals surface area contributed by atoms with Crippen LogP contribution in [0.25, 0.3) is 0 Å². The quantitative estimate of drug-likeness (QED) is 0.694. The van der Waals surface area contributed by atoms with Gasteiger partial charge in [-0.3, -0.25) is 4.79 Å². The monoisotopic (exact) mass is 393 g/mol. The smallest absolute Gasteiger partial charge is 0.340 e. The Kier molecular flexibility index (Phi) is 7.49. The fourth-order valence-corrected chi connectivity index (χ4v) is 2.76. The number of ether oxygens (including phenoxy) is 1. The Bertz CT molecular complexity index is 765. The first-order chi connectivity index (χ1) is 12.4. The van der Waals surface area contributed by atoms with Crippen LogP contribution in [-0.4, -0.2) is 24.0 Å². The molecule has 138 valence electrons. The predicted octanol–water partition coefficient (Wildman–Crippen LogP) is 4.68. The molecule has 1 N–H and O–H groups in total. The lowest BCUT2D eigenvalue weighted by Gasteiger charge is -2.18. The van der Waals surface area contributed by atoms with Crippen molar-refractivity contribution in [1.82, 2.24) is 5.32 Å². The molecule has 0 aliphatic rings. The third kappa shape index (κ3) is 6.04. The highest BCUT2D eigenvalue weighted by molar-refractivity contribution is 6.35. The molecule has 0 aliphatic heterocycles. The maximum atomic E-state index is 12.2. The third-order valence-electron chi connectivity index (χ3n) is 3.90. The second-order valence-corrected chi connectivity index (χ2v) is 6.95. The van der Waals surface area contributed by atoms with Crippen molar-refractivity contribution in [3.05, 3.63) is 69.7 Å². The molecule has 0 unspecified atom stereocenters. The molecule has 2 aromatic carbocycles. The van der Waals surface area contributed by atoms with Gasteiger partial charge in [-0.05, 0) is 50.5 Å². The van der Waals surface area contributed by atoms with E-state index in [-0.39, 0.29) is 22.5 Å². The highest BCUT2D eigenvalue weighted by Crippen LogP contribution is 2.21. The lowest BCUT2D eigenvalue weighted by Crippen LogP contribution is -2.41. The summed E-state index contributed by atoms with van der Waals surface area (Å²) in [4.78, 5) is 24.4. The summed E-state index contributed by atoms with van der Waals surface area (Å²) in [6, 6.07) is 14.5. The fraction of sp³-hybridized carbons (Fsp3) is 0.300. The summed E-state index contributed by atoms with van der Waals surface area (Å²) in [5, 5.41) is 3.45. The zero-order valence-corrected chi connectivity index (χ0v) is 16.2. The van der Waals surface area contributed by atoms with Crippen LogP contribution in [0.1, 0.15) is 36.2 Å². The van der Waals surface area contributed by atoms with E-state index in [9.17, 15) is 9.59 Å². The van der Waals surface area contributed by atoms with Crippen LogP contribution in [0.4, 0.5) is 0 Å². The molecule has 0 saturated heterocycles. The van der Waals surface area contributed by atoms with Crippen molar-refractivity contribution in [2.24, 2.45) is 0 Å². The van der Waals surface area contributed by atoms with Crippen LogP contribution < -0.4 is 5.32 Å². The number of aryl methyl sites for hydroxylation is 1. The van der Waals surface area contributed by atoms with Gasteiger partial charge in [0.2, 0.25) is 0 Å². The first-order valence-corrected chi connectivity index (χ1v) is 9.12. The summed E-state index contributed by atoms with van der Waals surface area (Å²) in [6.45, 7) is 3.44. The van der Waals surface area contributed by atoms with Gasteiger partial charge in [0.25, 0.3) is 5.91 Å². The summed E-state index contributed by atoms with van der Waals surface area (Å²) in [5.41, 5.74) is 1.35. The van der Waals surface area contributed by atoms with Gasteiger partial charge in [0.05, 0.1) is 10.6 Å². The highest BCUT2D eigenvalue weighted by atomic mass is 35.5. The molecule has 2 rings (SSSR count). The minimum absolute atomic E-state index is 0.0429. The van der Waals surface area contributed by atoms with Crippen molar-refractivity contribution >= 4 is 35.1 Å². The van der Waals surface area contributed by atoms with Crippen LogP contribution in [0.3, 0.4) is 0 Å². The van der Waals surface area contributed by atoms with E-state index < -0.39 is 12.1 Å². The second kappa shape index (κ2) is 9.60. The lowest BCUT2D eigenvalue weighted by atomic mass is 10.1. The number of esters is 1. The van der Waals surface area contributed by atoms with Crippen LogP contribution in [0.15, 0.2) is 48.5 Å². The van der Waals surface area contributed by atoms with Crippen molar-refractivity contribution in [2.75, 3.05) is 0 Å². The molecule has 2 atom stereocenters. The van der Waals surface area contributed by atoms with Gasteiger partial charge >= 0.3 is 5.97 Å². The molecular weight excluding hydrogens is 373 g/mol. The van der Waals surface area contributed by atoms with Gasteiger partial charge in [-0.1, -0.05) is 53.5 Å². The van der Waals surface area contributed by atoms with Gasteiger partial charge in [-0.2, -0.15) is 0 Å². The van der Waals surface area contributed by atoms with Crippen molar-refractivity contribution in [3.8, 4) is 0 Å². The van der Waals surface area contributed by atoms with Crippen LogP contribution in [0.2, 0.25) is 10.0 Å². The Morgan fingerprint density at radius 2 is 1.77 bits per heavy atom. The Morgan fingerprint density at radius 1 is 1.08 bits per heavy atom. The Labute approximate surface area is 163 Å². The first kappa shape index (κ1) is 20.3. The van der Waals surface area contributed by atoms with Crippen LogP contribution in [0, 0.1) is 0 Å². The number of halogens is 2. The van der Waals surface area contributed by atoms with Crippen LogP contribution in [-0.2, 0) is 16.0 Å². The zero-order chi connectivity index (χ0) is 19.1. The van der Waals surface area contributed by atoms with Crippen molar-refractivity contribution in [2.45, 2.75) is 38.8 Å². The number of amides is 1. The Hall–Kier alpha value is -2.04. The van der Waals surface area contributed by atoms with E-state index in [4.69, 9.17) is 27.9 Å². The van der Waals surface area contributed by atoms with E-state index >= 15 is 0 Å². The van der Waals surface area contributed by atoms with Gasteiger partial charge < -0.3 is 10.1 Å². The SMILES string of the molecule is C[C@H](CCc1ccccc1)NC(=O)[C@@H](C)OC(=O)c1cc(Cl)ccc1Cl. The van der Waals surface area contributed by atoms with E-state index in [0.29, 0.717) is 5.02 Å². The molecule has 0 bridgehead atoms. The number of carbonyl (C=O) groups excluding carboxylic acids is 2. The van der Waals surface area contributed by atoms with Gasteiger partial charge in [0.15, 0.2) is 6.10 Å². The minimum Gasteiger partial charge on any atom is -0.449 e. The summed E-state index contributed by atoms with van der Waals surface area (Å²) in [5.74, 6) is -1.03. The average molecular weight is 394 g/mol. The average Bonchev–Trinajstić information content (AvgIpc) is 2.62. The third-order valence-corrected chi connectivity index (χ3v) is 4.46. The number of carbonyl (C=O) groups is 2. The Morgan fingerprint density at radius 3 is 2.46 bits per heavy atom. The number of rotatable bonds is 7. The van der Waals surface area contributed by atoms with Gasteiger partial charge in [-0.25, -0.2) is 4.79 Å². The summed E-state index contributed by atoms with van der Waals surface area (Å²) in [6.07, 6.45) is 0.710. The predicted molar refractivity (Wildman–Crippen MR) is 104 cm³/mol. The molecule has 0 aromatic heterocycles. The largest absolute Gasteiger partial charge is 0.449 e. The highest BCUT2D eigenvalue weighted by Gasteiger charge is 2.22. The number of hydrogen-bond acceptors (Lipinski definition) is 3. The summed E-state index contributed by atoms with van der Waals surface area (Å²) in [7, 11) is 0. The van der Waals surface area contributed by atoms with Gasteiger partial charge in [0, 0.05) is 11.1 Å². The second-order valence-electron chi connectivity index (χ2n) is 6.11. The molecular formula is C20H21Cl2NO3. The topological polar surface area (TPSA) is 55.4 Å². The van der Waals surface area contributed by atoms with Crippen molar-refractivity contribution < 1.29 is 14.3 Å². The number of benzene rings is 2. The normalized spacial score (nSPS) is 12.9. The number of nitrogens with one attached hydrogen (secondary N) is 1. The lowest BCUT2D eigenvalue weighted by molar-refractivity contribution is -0.129. The molecule has 1 amide bonds. The van der Waals surface area contributed by atoms with Crippen molar-refractivity contribution in [3.63, 3.8) is 0 Å². The fourth-order valence-electron chi connectivity index (χ4n) is 2.39. The van der Waals surface area contributed by atoms with E-state index in [0.717, 1.165) is 12.8 Å². The summed E-state index contributed by atoms with van der Waals surface area (Å²) >= 11 is 11.8. The van der Waals surface area contributed by atoms with Gasteiger partial charge in [-0.15, -0.1) is 0 Å². The minimum atomic E-state index is -0.934.